The van der Waals surface area contributed by atoms with E-state index in [-0.39, 0.29) is 0 Å². The first-order valence-corrected chi connectivity index (χ1v) is 11.2. The van der Waals surface area contributed by atoms with Crippen molar-refractivity contribution in [2.75, 3.05) is 0 Å². The number of imidazole rings is 1. The molecule has 181 valence electrons. The van der Waals surface area contributed by atoms with E-state index in [0.717, 1.165) is 25.3 Å². The van der Waals surface area contributed by atoms with Crippen LogP contribution in [0.2, 0.25) is 0 Å². The number of rotatable bonds is 12. The first-order chi connectivity index (χ1) is 15.0. The molecule has 0 bridgehead atoms. The molecule has 1 aliphatic rings. The fourth-order valence-corrected chi connectivity index (χ4v) is 3.91. The Morgan fingerprint density at radius 3 is 2.34 bits per heavy atom. The van der Waals surface area contributed by atoms with E-state index in [4.69, 9.17) is 15.3 Å². The van der Waals surface area contributed by atoms with Gasteiger partial charge in [0.05, 0.1) is 12.7 Å². The van der Waals surface area contributed by atoms with Crippen LogP contribution in [0.5, 0.6) is 0 Å². The van der Waals surface area contributed by atoms with E-state index in [0.29, 0.717) is 0 Å². The highest BCUT2D eigenvalue weighted by molar-refractivity contribution is 5.87. The molecule has 0 aliphatic heterocycles. The highest BCUT2D eigenvalue weighted by atomic mass is 16.4. The van der Waals surface area contributed by atoms with Crippen molar-refractivity contribution >= 4 is 17.9 Å². The van der Waals surface area contributed by atoms with E-state index >= 15 is 0 Å². The number of hydrogen-bond acceptors (Lipinski definition) is 5. The molecule has 1 aliphatic carbocycles. The number of carboxylic acid groups (broad SMARTS) is 3. The van der Waals surface area contributed by atoms with Crippen molar-refractivity contribution in [3.05, 3.63) is 25.1 Å². The average molecular weight is 454 g/mol. The maximum Gasteiger partial charge on any atom is 0.336 e. The van der Waals surface area contributed by atoms with Crippen molar-refractivity contribution < 1.29 is 34.8 Å². The van der Waals surface area contributed by atoms with Gasteiger partial charge >= 0.3 is 17.9 Å². The molecule has 3 atom stereocenters. The van der Waals surface area contributed by atoms with Crippen LogP contribution in [0.15, 0.2) is 18.7 Å². The Kier molecular flexibility index (Phi) is 12.0. The van der Waals surface area contributed by atoms with Gasteiger partial charge in [0.15, 0.2) is 5.60 Å². The molecule has 0 aromatic carbocycles. The molecule has 9 nitrogen and oxygen atoms in total. The molecular weight excluding hydrogens is 416 g/mol. The molecule has 1 fully saturated rings. The fraction of sp³-hybridized carbons (Fsp3) is 0.696. The summed E-state index contributed by atoms with van der Waals surface area (Å²) in [5, 5.41) is 34.5. The molecule has 32 heavy (non-hydrogen) atoms. The maximum absolute atomic E-state index is 10.5. The SMILES string of the molecule is CC(C[CH]CCC1CCCCC1)Cn1ccnc1.C[C@@](O)(C(=O)O)[C@@H](CC(=O)O)C(=O)O. The van der Waals surface area contributed by atoms with Gasteiger partial charge in [-0.05, 0) is 38.0 Å². The zero-order chi connectivity index (χ0) is 24.1. The predicted molar refractivity (Wildman–Crippen MR) is 118 cm³/mol. The van der Waals surface area contributed by atoms with E-state index in [2.05, 4.69) is 29.1 Å². The minimum absolute atomic E-state index is 0.727. The van der Waals surface area contributed by atoms with Crippen molar-refractivity contribution in [2.24, 2.45) is 17.8 Å². The third-order valence-corrected chi connectivity index (χ3v) is 5.94. The monoisotopic (exact) mass is 453 g/mol. The summed E-state index contributed by atoms with van der Waals surface area (Å²) in [5.74, 6) is -5.05. The lowest BCUT2D eigenvalue weighted by Gasteiger charge is -2.23. The lowest BCUT2D eigenvalue weighted by atomic mass is 9.85. The van der Waals surface area contributed by atoms with E-state index in [1.807, 2.05) is 12.5 Å². The summed E-state index contributed by atoms with van der Waals surface area (Å²) < 4.78 is 2.18. The Bertz CT molecular complexity index is 697. The number of nitrogens with zero attached hydrogens (tertiary/aromatic N) is 2. The Morgan fingerprint density at radius 1 is 1.19 bits per heavy atom. The Balaban J connectivity index is 0.000000333. The lowest BCUT2D eigenvalue weighted by Crippen LogP contribution is -2.47. The number of carboxylic acids is 3. The Labute approximate surface area is 189 Å². The summed E-state index contributed by atoms with van der Waals surface area (Å²) in [6.07, 6.45) is 18.8. The van der Waals surface area contributed by atoms with Crippen molar-refractivity contribution in [1.82, 2.24) is 9.55 Å². The minimum Gasteiger partial charge on any atom is -0.481 e. The summed E-state index contributed by atoms with van der Waals surface area (Å²) in [6, 6.07) is 0. The van der Waals surface area contributed by atoms with Crippen LogP contribution in [-0.4, -0.2) is 53.5 Å². The summed E-state index contributed by atoms with van der Waals surface area (Å²) in [5.41, 5.74) is -2.59. The van der Waals surface area contributed by atoms with Crippen LogP contribution >= 0.6 is 0 Å². The topological polar surface area (TPSA) is 150 Å². The quantitative estimate of drug-likeness (QED) is 0.351. The minimum atomic E-state index is -2.59. The van der Waals surface area contributed by atoms with Crippen LogP contribution in [-0.2, 0) is 20.9 Å². The van der Waals surface area contributed by atoms with Gasteiger partial charge in [-0.15, -0.1) is 0 Å². The van der Waals surface area contributed by atoms with E-state index < -0.39 is 35.8 Å². The molecule has 0 spiro atoms. The van der Waals surface area contributed by atoms with Gasteiger partial charge in [-0.2, -0.15) is 0 Å². The predicted octanol–water partition coefficient (Wildman–Crippen LogP) is 3.47. The van der Waals surface area contributed by atoms with E-state index in [9.17, 15) is 19.5 Å². The zero-order valence-electron chi connectivity index (χ0n) is 19.0. The zero-order valence-corrected chi connectivity index (χ0v) is 19.0. The molecule has 0 amide bonds. The standard InChI is InChI=1S/C16H27N2.C7H10O7/c1-15(13-18-12-11-17-14-18)7-5-6-10-16-8-3-2-4-9-16;1-7(14,6(12)13)3(5(10)11)2-4(8)9/h5,11-12,14-16H,2-4,6-10,13H2,1H3;3,14H,2H2,1H3,(H,8,9)(H,10,11)(H,12,13)/t;3-,7-/m.0/s1. The molecule has 1 radical (unpaired) electrons. The third kappa shape index (κ3) is 10.3. The molecular formula is C23H37N2O7. The molecule has 9 heteroatoms. The molecule has 1 unspecified atom stereocenters. The van der Waals surface area contributed by atoms with E-state index in [1.54, 1.807) is 0 Å². The molecule has 1 heterocycles. The van der Waals surface area contributed by atoms with Crippen molar-refractivity contribution in [2.45, 2.75) is 83.8 Å². The van der Waals surface area contributed by atoms with E-state index in [1.165, 1.54) is 51.4 Å². The third-order valence-electron chi connectivity index (χ3n) is 5.94. The number of unbranched alkanes of at least 4 members (excludes halogenated alkanes) is 1. The van der Waals surface area contributed by atoms with Gasteiger partial charge < -0.3 is 25.0 Å². The second-order valence-electron chi connectivity index (χ2n) is 8.91. The normalized spacial score (nSPS) is 18.0. The molecule has 4 N–H and O–H groups in total. The highest BCUT2D eigenvalue weighted by Gasteiger charge is 2.45. The van der Waals surface area contributed by atoms with Crippen molar-refractivity contribution in [3.8, 4) is 0 Å². The first-order valence-electron chi connectivity index (χ1n) is 11.2. The largest absolute Gasteiger partial charge is 0.481 e. The number of carbonyl (C=O) groups is 3. The van der Waals surface area contributed by atoms with Gasteiger partial charge in [-0.1, -0.05) is 45.4 Å². The van der Waals surface area contributed by atoms with Crippen molar-refractivity contribution in [1.29, 1.82) is 0 Å². The molecule has 1 aromatic heterocycles. The number of aliphatic carboxylic acids is 3. The smallest absolute Gasteiger partial charge is 0.336 e. The summed E-state index contributed by atoms with van der Waals surface area (Å²) in [7, 11) is 0. The van der Waals surface area contributed by atoms with Gasteiger partial charge in [0, 0.05) is 18.9 Å². The molecule has 0 saturated heterocycles. The Hall–Kier alpha value is -2.42. The highest BCUT2D eigenvalue weighted by Crippen LogP contribution is 2.28. The van der Waals surface area contributed by atoms with Crippen LogP contribution < -0.4 is 0 Å². The van der Waals surface area contributed by atoms with Crippen molar-refractivity contribution in [3.63, 3.8) is 0 Å². The van der Waals surface area contributed by atoms with Gasteiger partial charge in [-0.25, -0.2) is 9.78 Å². The fourth-order valence-electron chi connectivity index (χ4n) is 3.91. The van der Waals surface area contributed by atoms with Gasteiger partial charge in [-0.3, -0.25) is 9.59 Å². The molecule has 1 saturated carbocycles. The first kappa shape index (κ1) is 27.6. The lowest BCUT2D eigenvalue weighted by molar-refractivity contribution is -0.174. The number of aliphatic hydroxyl groups is 1. The second kappa shape index (κ2) is 13.9. The average Bonchev–Trinajstić information content (AvgIpc) is 3.23. The van der Waals surface area contributed by atoms with Gasteiger partial charge in [0.25, 0.3) is 0 Å². The molecule has 2 rings (SSSR count). The maximum atomic E-state index is 10.5. The summed E-state index contributed by atoms with van der Waals surface area (Å²) >= 11 is 0. The number of aromatic nitrogens is 2. The van der Waals surface area contributed by atoms with Gasteiger partial charge in [0.2, 0.25) is 0 Å². The van der Waals surface area contributed by atoms with Crippen LogP contribution in [0, 0.1) is 24.2 Å². The van der Waals surface area contributed by atoms with Crippen LogP contribution in [0.25, 0.3) is 0 Å². The summed E-state index contributed by atoms with van der Waals surface area (Å²) in [6.45, 7) is 4.17. The summed E-state index contributed by atoms with van der Waals surface area (Å²) in [4.78, 5) is 35.2. The second-order valence-corrected chi connectivity index (χ2v) is 8.91. The van der Waals surface area contributed by atoms with Gasteiger partial charge in [0.1, 0.15) is 5.92 Å². The van der Waals surface area contributed by atoms with Crippen LogP contribution in [0.3, 0.4) is 0 Å². The Morgan fingerprint density at radius 2 is 1.84 bits per heavy atom. The van der Waals surface area contributed by atoms with Crippen LogP contribution in [0.4, 0.5) is 0 Å². The number of hydrogen-bond donors (Lipinski definition) is 4. The molecule has 1 aromatic rings. The van der Waals surface area contributed by atoms with Crippen LogP contribution in [0.1, 0.15) is 71.6 Å².